The molecule has 0 atom stereocenters. The van der Waals surface area contributed by atoms with Gasteiger partial charge in [0, 0.05) is 58.5 Å². The summed E-state index contributed by atoms with van der Waals surface area (Å²) >= 11 is 1.86. The summed E-state index contributed by atoms with van der Waals surface area (Å²) in [7, 11) is -1.30. The van der Waals surface area contributed by atoms with Gasteiger partial charge in [-0.05, 0) is 61.1 Å². The molecule has 1 N–H and O–H groups in total. The van der Waals surface area contributed by atoms with Crippen molar-refractivity contribution in [2.75, 3.05) is 0 Å². The summed E-state index contributed by atoms with van der Waals surface area (Å²) in [6.07, 6.45) is 6.71. The van der Waals surface area contributed by atoms with Crippen LogP contribution in [0.4, 0.5) is 0 Å². The molecule has 0 saturated heterocycles. The Bertz CT molecular complexity index is 1980. The smallest absolute Gasteiger partial charge is 0.164 e. The van der Waals surface area contributed by atoms with Gasteiger partial charge in [-0.2, -0.15) is 0 Å². The van der Waals surface area contributed by atoms with E-state index in [0.717, 1.165) is 42.3 Å². The monoisotopic (exact) mass is 897 g/mol. The molecule has 0 aliphatic carbocycles. The van der Waals surface area contributed by atoms with Crippen molar-refractivity contribution in [2.45, 2.75) is 114 Å². The van der Waals surface area contributed by atoms with Crippen LogP contribution in [0.1, 0.15) is 98.1 Å². The van der Waals surface area contributed by atoms with Crippen LogP contribution in [-0.2, 0) is 24.9 Å². The molecule has 6 heteroatoms. The fourth-order valence-corrected chi connectivity index (χ4v) is 8.76. The first-order valence-corrected chi connectivity index (χ1v) is 22.7. The zero-order chi connectivity index (χ0) is 37.0. The van der Waals surface area contributed by atoms with Crippen LogP contribution in [0, 0.1) is 23.8 Å². The van der Waals surface area contributed by atoms with Gasteiger partial charge in [-0.15, -0.1) is 40.5 Å². The molecule has 275 valence electrons. The van der Waals surface area contributed by atoms with E-state index in [4.69, 9.17) is 4.98 Å². The summed E-state index contributed by atoms with van der Waals surface area (Å²) in [4.78, 5) is 18.4. The number of aromatic nitrogens is 1. The molecule has 0 saturated carbocycles. The molecule has 0 amide bonds. The average Bonchev–Trinajstić information content (AvgIpc) is 3.46. The van der Waals surface area contributed by atoms with Gasteiger partial charge in [0.05, 0.1) is 8.07 Å². The maximum absolute atomic E-state index is 12.2. The predicted octanol–water partition coefficient (Wildman–Crippen LogP) is 13.2. The van der Waals surface area contributed by atoms with Gasteiger partial charge in [-0.3, -0.25) is 9.78 Å². The topological polar surface area (TPSA) is 50.2 Å². The Hall–Kier alpha value is -2.89. The molecule has 5 rings (SSSR count). The van der Waals surface area contributed by atoms with Gasteiger partial charge < -0.3 is 5.11 Å². The van der Waals surface area contributed by atoms with E-state index in [1.54, 1.807) is 0 Å². The summed E-state index contributed by atoms with van der Waals surface area (Å²) in [6, 6.07) is 26.0. The van der Waals surface area contributed by atoms with Gasteiger partial charge in [0.15, 0.2) is 5.78 Å². The number of rotatable bonds is 11. The molecule has 5 aromatic rings. The standard InChI is InChI=1S/C30H30NSSi.C15H28O2.Ir/c1-19(2)27-18-23(17-22-9-7-8-10-26(22)27)28-30-25(15-16-31-28)20(3)29(32-30)21-11-13-24(14-12-21)33(4,5)6;1-7-14(5,8-2)12(16)11-13(17)15(6,9-3)10-4;/h7-16,18-19H,1-6H3;11,16H,7-10H2,1-6H3;/q-1;;/b;12-11-;. The fourth-order valence-electron chi connectivity index (χ4n) is 6.28. The maximum atomic E-state index is 12.2. The van der Waals surface area contributed by atoms with E-state index < -0.39 is 8.07 Å². The van der Waals surface area contributed by atoms with E-state index in [0.29, 0.717) is 5.92 Å². The zero-order valence-electron chi connectivity index (χ0n) is 32.9. The summed E-state index contributed by atoms with van der Waals surface area (Å²) in [6.45, 7) is 26.0. The van der Waals surface area contributed by atoms with Crippen molar-refractivity contribution in [1.82, 2.24) is 4.98 Å². The second-order valence-corrected chi connectivity index (χ2v) is 21.8. The van der Waals surface area contributed by atoms with E-state index >= 15 is 0 Å². The van der Waals surface area contributed by atoms with E-state index in [2.05, 4.69) is 107 Å². The number of thiophene rings is 1. The van der Waals surface area contributed by atoms with Crippen molar-refractivity contribution in [2.24, 2.45) is 10.8 Å². The minimum atomic E-state index is -1.30. The number of carbonyl (C=O) groups excluding carboxylic acids is 1. The molecule has 2 aromatic heterocycles. The van der Waals surface area contributed by atoms with E-state index in [9.17, 15) is 9.90 Å². The van der Waals surface area contributed by atoms with Gasteiger partial charge in [0.25, 0.3) is 0 Å². The number of aryl methyl sites for hydroxylation is 1. The molecule has 0 bridgehead atoms. The number of aliphatic hydroxyl groups excluding tert-OH is 1. The maximum Gasteiger partial charge on any atom is 0.164 e. The Morgan fingerprint density at radius 1 is 0.902 bits per heavy atom. The molecular formula is C45H58IrNO2SSi-. The number of ketones is 1. The number of hydrogen-bond donors (Lipinski definition) is 1. The Morgan fingerprint density at radius 3 is 2.04 bits per heavy atom. The van der Waals surface area contributed by atoms with Crippen molar-refractivity contribution in [3.05, 3.63) is 95.9 Å². The van der Waals surface area contributed by atoms with E-state index in [-0.39, 0.29) is 42.5 Å². The number of hydrogen-bond acceptors (Lipinski definition) is 4. The molecule has 0 fully saturated rings. The van der Waals surface area contributed by atoms with Crippen LogP contribution in [0.5, 0.6) is 0 Å². The van der Waals surface area contributed by atoms with Crippen molar-refractivity contribution in [1.29, 1.82) is 0 Å². The minimum Gasteiger partial charge on any atom is -0.512 e. The van der Waals surface area contributed by atoms with Crippen LogP contribution in [0.15, 0.2) is 78.7 Å². The number of pyridine rings is 1. The molecule has 51 heavy (non-hydrogen) atoms. The Balaban J connectivity index is 0.000000335. The number of nitrogens with zero attached hydrogens (tertiary/aromatic N) is 1. The number of fused-ring (bicyclic) bond motifs is 2. The molecule has 0 aliphatic rings. The van der Waals surface area contributed by atoms with Gasteiger partial charge in [0.1, 0.15) is 5.76 Å². The minimum absolute atomic E-state index is 0. The van der Waals surface area contributed by atoms with Crippen LogP contribution in [0.25, 0.3) is 42.6 Å². The van der Waals surface area contributed by atoms with Crippen LogP contribution in [0.2, 0.25) is 19.6 Å². The molecule has 0 spiro atoms. The Morgan fingerprint density at radius 2 is 1.49 bits per heavy atom. The summed E-state index contributed by atoms with van der Waals surface area (Å²) in [5, 5.41) is 15.4. The van der Waals surface area contributed by atoms with Crippen molar-refractivity contribution in [3.8, 4) is 21.7 Å². The number of benzene rings is 3. The Labute approximate surface area is 326 Å². The van der Waals surface area contributed by atoms with Crippen molar-refractivity contribution >= 4 is 51.2 Å². The first-order chi connectivity index (χ1) is 23.5. The fraction of sp³-hybridized carbons (Fsp3) is 0.422. The summed E-state index contributed by atoms with van der Waals surface area (Å²) in [5.74, 6) is 0.724. The molecule has 2 heterocycles. The van der Waals surface area contributed by atoms with Gasteiger partial charge >= 0.3 is 0 Å². The third-order valence-electron chi connectivity index (χ3n) is 11.2. The predicted molar refractivity (Wildman–Crippen MR) is 222 cm³/mol. The molecule has 0 unspecified atom stereocenters. The van der Waals surface area contributed by atoms with Crippen LogP contribution in [-0.4, -0.2) is 23.9 Å². The quantitative estimate of drug-likeness (QED) is 0.0622. The van der Waals surface area contributed by atoms with Crippen LogP contribution < -0.4 is 5.19 Å². The normalized spacial score (nSPS) is 12.5. The molecular weight excluding hydrogens is 839 g/mol. The summed E-state index contributed by atoms with van der Waals surface area (Å²) in [5.41, 5.74) is 5.52. The van der Waals surface area contributed by atoms with Crippen molar-refractivity contribution < 1.29 is 30.0 Å². The largest absolute Gasteiger partial charge is 0.512 e. The average molecular weight is 897 g/mol. The summed E-state index contributed by atoms with van der Waals surface area (Å²) < 4.78 is 1.25. The zero-order valence-corrected chi connectivity index (χ0v) is 37.1. The first kappa shape index (κ1) is 42.5. The number of aliphatic hydroxyl groups is 1. The third-order valence-corrected chi connectivity index (χ3v) is 14.6. The van der Waals surface area contributed by atoms with Gasteiger partial charge in [-0.1, -0.05) is 134 Å². The van der Waals surface area contributed by atoms with Gasteiger partial charge in [-0.25, -0.2) is 0 Å². The third kappa shape index (κ3) is 9.19. The second kappa shape index (κ2) is 17.3. The number of carbonyl (C=O) groups is 1. The molecule has 3 nitrogen and oxygen atoms in total. The number of allylic oxidation sites excluding steroid dienone is 2. The van der Waals surface area contributed by atoms with Crippen LogP contribution >= 0.6 is 11.3 Å². The molecule has 0 aliphatic heterocycles. The van der Waals surface area contributed by atoms with Gasteiger partial charge in [0.2, 0.25) is 0 Å². The SMILES string of the molecule is CCC(C)(CC)C(=O)/C=C(\O)C(C)(CC)CC.Cc1c(-c2ccc([Si](C)(C)C)cc2)sc2c(-c3[c-]c4ccccc4c(C(C)C)c3)nccc12.[Ir]. The van der Waals surface area contributed by atoms with Crippen molar-refractivity contribution in [3.63, 3.8) is 0 Å². The van der Waals surface area contributed by atoms with Crippen LogP contribution in [0.3, 0.4) is 0 Å². The second-order valence-electron chi connectivity index (χ2n) is 15.7. The Kier molecular flexibility index (Phi) is 14.4. The van der Waals surface area contributed by atoms with E-state index in [1.807, 2.05) is 59.1 Å². The molecule has 3 aromatic carbocycles. The molecule has 1 radical (unpaired) electrons. The van der Waals surface area contributed by atoms with E-state index in [1.165, 1.54) is 48.3 Å². The first-order valence-electron chi connectivity index (χ1n) is 18.4.